The highest BCUT2D eigenvalue weighted by atomic mass is 32.2. The van der Waals surface area contributed by atoms with Gasteiger partial charge in [-0.15, -0.1) is 0 Å². The third-order valence-corrected chi connectivity index (χ3v) is 1.90. The Bertz CT molecular complexity index is 131. The first-order valence-electron chi connectivity index (χ1n) is 2.28. The van der Waals surface area contributed by atoms with Gasteiger partial charge >= 0.3 is 0 Å². The van der Waals surface area contributed by atoms with Crippen molar-refractivity contribution in [3.63, 3.8) is 0 Å². The molecular weight excluding hydrogens is 120 g/mol. The molecule has 0 amide bonds. The molecule has 0 saturated carbocycles. The van der Waals surface area contributed by atoms with Crippen molar-refractivity contribution >= 4 is 10.8 Å². The minimum atomic E-state index is -1.01. The third-order valence-electron chi connectivity index (χ3n) is 0.633. The highest BCUT2D eigenvalue weighted by Gasteiger charge is 1.96. The fourth-order valence-electron chi connectivity index (χ4n) is 0.297. The lowest BCUT2D eigenvalue weighted by Crippen LogP contribution is -1.88. The van der Waals surface area contributed by atoms with E-state index in [1.165, 1.54) is 0 Å². The van der Waals surface area contributed by atoms with Crippen LogP contribution < -0.4 is 0 Å². The van der Waals surface area contributed by atoms with Crippen LogP contribution in [0.25, 0.3) is 0 Å². The Labute approximate surface area is 52.6 Å². The molecule has 0 aromatic rings. The van der Waals surface area contributed by atoms with E-state index in [1.54, 1.807) is 13.8 Å². The maximum absolute atomic E-state index is 10.8. The van der Waals surface area contributed by atoms with Crippen LogP contribution >= 0.6 is 0 Å². The highest BCUT2D eigenvalue weighted by molar-refractivity contribution is 7.92. The van der Waals surface area contributed by atoms with E-state index < -0.39 is 10.8 Å². The SMILES string of the molecule is C=C(C)S(=O)C(=C)C. The Kier molecular flexibility index (Phi) is 2.69. The minimum Gasteiger partial charge on any atom is -0.250 e. The van der Waals surface area contributed by atoms with Gasteiger partial charge in [0.05, 0.1) is 10.8 Å². The van der Waals surface area contributed by atoms with Crippen LogP contribution in [0, 0.1) is 0 Å². The molecule has 0 spiro atoms. The molecule has 0 aromatic heterocycles. The van der Waals surface area contributed by atoms with Gasteiger partial charge in [0.25, 0.3) is 0 Å². The standard InChI is InChI=1S/C6H10OS/c1-5(2)8(7)6(3)4/h1,3H2,2,4H3. The molecule has 0 aliphatic heterocycles. The van der Waals surface area contributed by atoms with Crippen LogP contribution in [0.4, 0.5) is 0 Å². The average molecular weight is 130 g/mol. The Morgan fingerprint density at radius 2 is 1.50 bits per heavy atom. The molecule has 1 nitrogen and oxygen atoms in total. The third kappa shape index (κ3) is 2.07. The van der Waals surface area contributed by atoms with E-state index in [4.69, 9.17) is 0 Å². The smallest absolute Gasteiger partial charge is 0.0749 e. The van der Waals surface area contributed by atoms with Gasteiger partial charge in [-0.1, -0.05) is 13.2 Å². The molecule has 0 aliphatic rings. The Morgan fingerprint density at radius 1 is 1.25 bits per heavy atom. The van der Waals surface area contributed by atoms with Gasteiger partial charge < -0.3 is 0 Å². The number of hydrogen-bond acceptors (Lipinski definition) is 1. The van der Waals surface area contributed by atoms with Gasteiger partial charge in [0.1, 0.15) is 0 Å². The monoisotopic (exact) mass is 130 g/mol. The van der Waals surface area contributed by atoms with Gasteiger partial charge in [-0.2, -0.15) is 0 Å². The number of hydrogen-bond donors (Lipinski definition) is 0. The van der Waals surface area contributed by atoms with Crippen LogP contribution in [0.1, 0.15) is 13.8 Å². The minimum absolute atomic E-state index is 0.664. The van der Waals surface area contributed by atoms with E-state index in [0.717, 1.165) is 0 Å². The topological polar surface area (TPSA) is 17.1 Å². The van der Waals surface area contributed by atoms with Crippen LogP contribution in [0.3, 0.4) is 0 Å². The molecule has 0 saturated heterocycles. The van der Waals surface area contributed by atoms with Crippen molar-refractivity contribution in [3.8, 4) is 0 Å². The fourth-order valence-corrected chi connectivity index (χ4v) is 0.892. The van der Waals surface area contributed by atoms with Crippen molar-refractivity contribution in [2.75, 3.05) is 0 Å². The van der Waals surface area contributed by atoms with E-state index in [-0.39, 0.29) is 0 Å². The van der Waals surface area contributed by atoms with Crippen LogP contribution in [-0.4, -0.2) is 4.21 Å². The van der Waals surface area contributed by atoms with Crippen LogP contribution in [0.15, 0.2) is 23.0 Å². The fraction of sp³-hybridized carbons (Fsp3) is 0.333. The number of rotatable bonds is 2. The Morgan fingerprint density at radius 3 is 1.50 bits per heavy atom. The second-order valence-corrected chi connectivity index (χ2v) is 3.60. The van der Waals surface area contributed by atoms with Crippen molar-refractivity contribution in [1.82, 2.24) is 0 Å². The Hall–Kier alpha value is -0.370. The summed E-state index contributed by atoms with van der Waals surface area (Å²) in [7, 11) is -1.01. The molecule has 0 unspecified atom stereocenters. The van der Waals surface area contributed by atoms with Crippen molar-refractivity contribution in [2.45, 2.75) is 13.8 Å². The first kappa shape index (κ1) is 7.63. The van der Waals surface area contributed by atoms with Crippen molar-refractivity contribution in [2.24, 2.45) is 0 Å². The molecule has 8 heavy (non-hydrogen) atoms. The summed E-state index contributed by atoms with van der Waals surface area (Å²) in [5, 5.41) is 0. The van der Waals surface area contributed by atoms with Gasteiger partial charge in [0.2, 0.25) is 0 Å². The summed E-state index contributed by atoms with van der Waals surface area (Å²) in [4.78, 5) is 1.33. The lowest BCUT2D eigenvalue weighted by molar-refractivity contribution is 0.690. The van der Waals surface area contributed by atoms with Crippen LogP contribution in [0.2, 0.25) is 0 Å². The van der Waals surface area contributed by atoms with Crippen LogP contribution in [-0.2, 0) is 10.8 Å². The molecule has 46 valence electrons. The maximum Gasteiger partial charge on any atom is 0.0749 e. The zero-order valence-corrected chi connectivity index (χ0v) is 6.05. The molecule has 0 aliphatic carbocycles. The molecule has 0 radical (unpaired) electrons. The summed E-state index contributed by atoms with van der Waals surface area (Å²) in [5.74, 6) is 0. The summed E-state index contributed by atoms with van der Waals surface area (Å²) in [6.07, 6.45) is 0. The molecule has 0 rings (SSSR count). The van der Waals surface area contributed by atoms with Gasteiger partial charge in [-0.3, -0.25) is 0 Å². The van der Waals surface area contributed by atoms with Gasteiger partial charge in [-0.25, -0.2) is 4.21 Å². The van der Waals surface area contributed by atoms with E-state index in [2.05, 4.69) is 13.2 Å². The number of allylic oxidation sites excluding steroid dienone is 2. The lowest BCUT2D eigenvalue weighted by atomic mass is 10.7. The molecule has 0 bridgehead atoms. The highest BCUT2D eigenvalue weighted by Crippen LogP contribution is 2.04. The predicted octanol–water partition coefficient (Wildman–Crippen LogP) is 1.80. The molecule has 0 N–H and O–H groups in total. The summed E-state index contributed by atoms with van der Waals surface area (Å²) >= 11 is 0. The zero-order valence-electron chi connectivity index (χ0n) is 5.23. The first-order chi connectivity index (χ1) is 3.55. The van der Waals surface area contributed by atoms with E-state index in [1.807, 2.05) is 0 Å². The summed E-state index contributed by atoms with van der Waals surface area (Å²) in [5.41, 5.74) is 0. The lowest BCUT2D eigenvalue weighted by Gasteiger charge is -1.94. The summed E-state index contributed by atoms with van der Waals surface area (Å²) < 4.78 is 10.8. The maximum atomic E-state index is 10.8. The first-order valence-corrected chi connectivity index (χ1v) is 3.43. The van der Waals surface area contributed by atoms with Gasteiger partial charge in [-0.05, 0) is 13.8 Å². The van der Waals surface area contributed by atoms with Gasteiger partial charge in [0.15, 0.2) is 0 Å². The summed E-state index contributed by atoms with van der Waals surface area (Å²) in [6.45, 7) is 10.5. The van der Waals surface area contributed by atoms with E-state index in [0.29, 0.717) is 9.81 Å². The second kappa shape index (κ2) is 2.82. The molecule has 0 heterocycles. The largest absolute Gasteiger partial charge is 0.250 e. The quantitative estimate of drug-likeness (QED) is 0.557. The van der Waals surface area contributed by atoms with E-state index in [9.17, 15) is 4.21 Å². The van der Waals surface area contributed by atoms with Crippen molar-refractivity contribution < 1.29 is 4.21 Å². The van der Waals surface area contributed by atoms with Crippen molar-refractivity contribution in [1.29, 1.82) is 0 Å². The summed E-state index contributed by atoms with van der Waals surface area (Å²) in [6, 6.07) is 0. The van der Waals surface area contributed by atoms with E-state index >= 15 is 0 Å². The van der Waals surface area contributed by atoms with Crippen LogP contribution in [0.5, 0.6) is 0 Å². The molecule has 2 heteroatoms. The molecular formula is C6H10OS. The predicted molar refractivity (Wildman–Crippen MR) is 37.8 cm³/mol. The Balaban J connectivity index is 4.05. The molecule has 0 atom stereocenters. The normalized spacial score (nSPS) is 9.38. The van der Waals surface area contributed by atoms with Crippen molar-refractivity contribution in [3.05, 3.63) is 23.0 Å². The average Bonchev–Trinajstić information content (AvgIpc) is 1.64. The molecule has 0 aromatic carbocycles. The molecule has 0 fully saturated rings. The second-order valence-electron chi connectivity index (χ2n) is 1.67. The zero-order chi connectivity index (χ0) is 6.73. The van der Waals surface area contributed by atoms with Gasteiger partial charge in [0, 0.05) is 9.81 Å².